The van der Waals surface area contributed by atoms with Crippen molar-refractivity contribution in [1.29, 1.82) is 0 Å². The van der Waals surface area contributed by atoms with Crippen LogP contribution in [0.15, 0.2) is 22.8 Å². The summed E-state index contributed by atoms with van der Waals surface area (Å²) >= 11 is 0. The molecule has 0 bridgehead atoms. The second kappa shape index (κ2) is 5.17. The van der Waals surface area contributed by atoms with Crippen molar-refractivity contribution >= 4 is 0 Å². The molecule has 0 radical (unpaired) electrons. The smallest absolute Gasteiger partial charge is 0.0282 e. The summed E-state index contributed by atoms with van der Waals surface area (Å²) in [6, 6.07) is 0. The summed E-state index contributed by atoms with van der Waals surface area (Å²) < 4.78 is 0. The van der Waals surface area contributed by atoms with E-state index < -0.39 is 0 Å². The first-order chi connectivity index (χ1) is 5.22. The third-order valence-electron chi connectivity index (χ3n) is 2.20. The monoisotopic (exact) mass is 152 g/mol. The van der Waals surface area contributed by atoms with Crippen LogP contribution in [0.4, 0.5) is 0 Å². The number of hydrogen-bond acceptors (Lipinski definition) is 0. The molecule has 1 rings (SSSR count). The van der Waals surface area contributed by atoms with Crippen molar-refractivity contribution in [1.82, 2.24) is 0 Å². The van der Waals surface area contributed by atoms with Crippen LogP contribution in [0.2, 0.25) is 0 Å². The Labute approximate surface area is 71.0 Å². The molecule has 0 saturated carbocycles. The fraction of sp³-hybridized carbons (Fsp3) is 0.636. The molecular weight excluding hydrogens is 132 g/mol. The van der Waals surface area contributed by atoms with Crippen LogP contribution in [0.25, 0.3) is 0 Å². The molecule has 64 valence electrons. The zero-order chi connectivity index (χ0) is 8.85. The summed E-state index contributed by atoms with van der Waals surface area (Å²) in [5.41, 5.74) is 4.54. The van der Waals surface area contributed by atoms with Crippen molar-refractivity contribution in [3.8, 4) is 0 Å². The number of allylic oxidation sites excluding steroid dienone is 4. The molecule has 1 aliphatic carbocycles. The molecule has 0 heterocycles. The van der Waals surface area contributed by atoms with Gasteiger partial charge in [0.2, 0.25) is 0 Å². The van der Waals surface area contributed by atoms with Crippen LogP contribution in [0.3, 0.4) is 0 Å². The lowest BCUT2D eigenvalue weighted by atomic mass is 9.94. The largest absolute Gasteiger partial charge is 0.0810 e. The first-order valence-corrected chi connectivity index (χ1v) is 4.55. The quantitative estimate of drug-likeness (QED) is 0.490. The van der Waals surface area contributed by atoms with Crippen LogP contribution in [-0.4, -0.2) is 0 Å². The highest BCUT2D eigenvalue weighted by Gasteiger charge is 2.03. The Morgan fingerprint density at radius 3 is 2.00 bits per heavy atom. The van der Waals surface area contributed by atoms with E-state index >= 15 is 0 Å². The normalized spacial score (nSPS) is 17.0. The second-order valence-electron chi connectivity index (χ2n) is 2.83. The molecule has 0 atom stereocenters. The topological polar surface area (TPSA) is 0 Å². The predicted octanol–water partition coefficient (Wildman–Crippen LogP) is 4.09. The molecule has 0 amide bonds. The van der Waals surface area contributed by atoms with E-state index in [2.05, 4.69) is 26.8 Å². The molecule has 0 fully saturated rings. The van der Waals surface area contributed by atoms with E-state index in [0.29, 0.717) is 0 Å². The highest BCUT2D eigenvalue weighted by atomic mass is 14.1. The fourth-order valence-electron chi connectivity index (χ4n) is 1.18. The minimum Gasteiger partial charge on any atom is -0.0810 e. The van der Waals surface area contributed by atoms with Crippen LogP contribution in [0.1, 0.15) is 47.5 Å². The zero-order valence-electron chi connectivity index (χ0n) is 8.49. The van der Waals surface area contributed by atoms with Gasteiger partial charge in [-0.25, -0.2) is 0 Å². The molecule has 0 aliphatic heterocycles. The van der Waals surface area contributed by atoms with E-state index in [4.69, 9.17) is 0 Å². The fourth-order valence-corrected chi connectivity index (χ4v) is 1.18. The van der Waals surface area contributed by atoms with E-state index in [-0.39, 0.29) is 0 Å². The van der Waals surface area contributed by atoms with Gasteiger partial charge in [-0.05, 0) is 39.2 Å². The van der Waals surface area contributed by atoms with Crippen LogP contribution < -0.4 is 0 Å². The van der Waals surface area contributed by atoms with Crippen LogP contribution in [-0.2, 0) is 0 Å². The van der Waals surface area contributed by atoms with E-state index in [0.717, 1.165) is 0 Å². The summed E-state index contributed by atoms with van der Waals surface area (Å²) in [5.74, 6) is 0. The second-order valence-corrected chi connectivity index (χ2v) is 2.83. The first kappa shape index (κ1) is 10.5. The summed E-state index contributed by atoms with van der Waals surface area (Å²) in [5, 5.41) is 0. The SMILES string of the molecule is CC.CC1=CCCC(C)=C1C. The van der Waals surface area contributed by atoms with Gasteiger partial charge in [-0.3, -0.25) is 0 Å². The predicted molar refractivity (Wildman–Crippen MR) is 52.7 cm³/mol. The molecule has 0 spiro atoms. The third kappa shape index (κ3) is 2.92. The summed E-state index contributed by atoms with van der Waals surface area (Å²) in [6.45, 7) is 10.6. The van der Waals surface area contributed by atoms with E-state index in [1.54, 1.807) is 5.57 Å². The summed E-state index contributed by atoms with van der Waals surface area (Å²) in [6.07, 6.45) is 4.83. The van der Waals surface area contributed by atoms with Gasteiger partial charge in [-0.1, -0.05) is 31.1 Å². The average Bonchev–Trinajstić information content (AvgIpc) is 2.04. The Morgan fingerprint density at radius 1 is 1.09 bits per heavy atom. The van der Waals surface area contributed by atoms with Gasteiger partial charge in [-0.15, -0.1) is 0 Å². The van der Waals surface area contributed by atoms with Gasteiger partial charge >= 0.3 is 0 Å². The van der Waals surface area contributed by atoms with Crippen molar-refractivity contribution in [3.63, 3.8) is 0 Å². The minimum absolute atomic E-state index is 1.25. The van der Waals surface area contributed by atoms with Crippen molar-refractivity contribution in [2.24, 2.45) is 0 Å². The Balaban J connectivity index is 0.000000461. The Hall–Kier alpha value is -0.520. The van der Waals surface area contributed by atoms with Gasteiger partial charge in [0.15, 0.2) is 0 Å². The first-order valence-electron chi connectivity index (χ1n) is 4.55. The van der Waals surface area contributed by atoms with Crippen LogP contribution in [0.5, 0.6) is 0 Å². The number of hydrogen-bond donors (Lipinski definition) is 0. The average molecular weight is 152 g/mol. The van der Waals surface area contributed by atoms with Crippen molar-refractivity contribution < 1.29 is 0 Å². The molecule has 0 nitrogen and oxygen atoms in total. The van der Waals surface area contributed by atoms with Crippen LogP contribution >= 0.6 is 0 Å². The van der Waals surface area contributed by atoms with Gasteiger partial charge in [0.05, 0.1) is 0 Å². The Morgan fingerprint density at radius 2 is 1.64 bits per heavy atom. The van der Waals surface area contributed by atoms with E-state index in [9.17, 15) is 0 Å². The van der Waals surface area contributed by atoms with Crippen molar-refractivity contribution in [2.75, 3.05) is 0 Å². The molecule has 0 saturated heterocycles. The van der Waals surface area contributed by atoms with Gasteiger partial charge in [0, 0.05) is 0 Å². The van der Waals surface area contributed by atoms with Crippen LogP contribution in [0, 0.1) is 0 Å². The number of rotatable bonds is 0. The molecule has 0 N–H and O–H groups in total. The van der Waals surface area contributed by atoms with Gasteiger partial charge in [0.1, 0.15) is 0 Å². The molecule has 0 aromatic carbocycles. The highest BCUT2D eigenvalue weighted by molar-refractivity contribution is 5.34. The lowest BCUT2D eigenvalue weighted by Crippen LogP contribution is -1.92. The molecule has 0 aromatic heterocycles. The maximum absolute atomic E-state index is 2.32. The maximum Gasteiger partial charge on any atom is -0.0282 e. The third-order valence-corrected chi connectivity index (χ3v) is 2.20. The summed E-state index contributed by atoms with van der Waals surface area (Å²) in [7, 11) is 0. The highest BCUT2D eigenvalue weighted by Crippen LogP contribution is 2.23. The molecule has 0 aromatic rings. The lowest BCUT2D eigenvalue weighted by molar-refractivity contribution is 0.918. The van der Waals surface area contributed by atoms with Gasteiger partial charge < -0.3 is 0 Å². The molecule has 0 unspecified atom stereocenters. The van der Waals surface area contributed by atoms with Gasteiger partial charge in [-0.2, -0.15) is 0 Å². The molecular formula is C11H20. The minimum atomic E-state index is 1.25. The summed E-state index contributed by atoms with van der Waals surface area (Å²) in [4.78, 5) is 0. The molecule has 1 aliphatic rings. The molecule has 0 heteroatoms. The van der Waals surface area contributed by atoms with E-state index in [1.807, 2.05) is 13.8 Å². The Bertz CT molecular complexity index is 170. The zero-order valence-corrected chi connectivity index (χ0v) is 8.49. The lowest BCUT2D eigenvalue weighted by Gasteiger charge is -2.12. The maximum atomic E-state index is 2.32. The van der Waals surface area contributed by atoms with Crippen molar-refractivity contribution in [2.45, 2.75) is 47.5 Å². The van der Waals surface area contributed by atoms with E-state index in [1.165, 1.54) is 24.0 Å². The van der Waals surface area contributed by atoms with Crippen molar-refractivity contribution in [3.05, 3.63) is 22.8 Å². The standard InChI is InChI=1S/C9H14.C2H6/c1-7-5-4-6-8(2)9(7)3;1-2/h5H,4,6H2,1-3H3;1-2H3. The molecule has 11 heavy (non-hydrogen) atoms. The Kier molecular flexibility index (Phi) is 4.93. The van der Waals surface area contributed by atoms with Gasteiger partial charge in [0.25, 0.3) is 0 Å².